The number of carboxylic acid groups (broad SMARTS) is 1. The molecule has 0 amide bonds. The molecule has 2 aromatic rings. The minimum Gasteiger partial charge on any atom is -0.476 e. The van der Waals surface area contributed by atoms with Gasteiger partial charge in [-0.3, -0.25) is 0 Å². The Morgan fingerprint density at radius 2 is 2.17 bits per heavy atom. The van der Waals surface area contributed by atoms with Crippen molar-refractivity contribution in [1.29, 1.82) is 0 Å². The fraction of sp³-hybridized carbons (Fsp3) is 0.154. The molecule has 0 aliphatic rings. The number of fused-ring (bicyclic) bond motifs is 1. The summed E-state index contributed by atoms with van der Waals surface area (Å²) in [5.74, 6) is -1.10. The fourth-order valence-electron chi connectivity index (χ4n) is 1.64. The highest BCUT2D eigenvalue weighted by molar-refractivity contribution is 6.02. The van der Waals surface area contributed by atoms with Crippen molar-refractivity contribution < 1.29 is 9.90 Å². The van der Waals surface area contributed by atoms with Gasteiger partial charge in [0.25, 0.3) is 0 Å². The third kappa shape index (κ3) is 2.15. The molecule has 1 atom stereocenters. The van der Waals surface area contributed by atoms with Gasteiger partial charge < -0.3 is 10.4 Å². The molecule has 1 aromatic carbocycles. The Kier molecular flexibility index (Phi) is 3.23. The first kappa shape index (κ1) is 12.0. The molecule has 1 aromatic heterocycles. The molecule has 5 heteroatoms. The van der Waals surface area contributed by atoms with Crippen LogP contribution in [0, 0.1) is 0 Å². The fourth-order valence-corrected chi connectivity index (χ4v) is 1.64. The first-order chi connectivity index (χ1) is 8.63. The van der Waals surface area contributed by atoms with E-state index in [2.05, 4.69) is 22.1 Å². The van der Waals surface area contributed by atoms with Gasteiger partial charge in [-0.05, 0) is 13.0 Å². The molecule has 0 radical (unpaired) electrons. The predicted octanol–water partition coefficient (Wildman–Crippen LogP) is 2.31. The van der Waals surface area contributed by atoms with Gasteiger partial charge >= 0.3 is 5.97 Å². The zero-order chi connectivity index (χ0) is 13.1. The lowest BCUT2D eigenvalue weighted by molar-refractivity contribution is 0.0690. The third-order valence-corrected chi connectivity index (χ3v) is 2.60. The number of rotatable bonds is 4. The van der Waals surface area contributed by atoms with Crippen LogP contribution < -0.4 is 5.32 Å². The van der Waals surface area contributed by atoms with Gasteiger partial charge in [-0.15, -0.1) is 16.8 Å². The van der Waals surface area contributed by atoms with Crippen molar-refractivity contribution in [3.8, 4) is 0 Å². The topological polar surface area (TPSA) is 75.1 Å². The molecular formula is C13H13N3O2. The first-order valence-electron chi connectivity index (χ1n) is 5.51. The summed E-state index contributed by atoms with van der Waals surface area (Å²) in [7, 11) is 0. The minimum absolute atomic E-state index is 0.0595. The lowest BCUT2D eigenvalue weighted by Gasteiger charge is -2.14. The number of nitrogens with zero attached hydrogens (tertiary/aromatic N) is 2. The van der Waals surface area contributed by atoms with E-state index >= 15 is 0 Å². The summed E-state index contributed by atoms with van der Waals surface area (Å²) in [6, 6.07) is 7.21. The highest BCUT2D eigenvalue weighted by Crippen LogP contribution is 2.24. The van der Waals surface area contributed by atoms with Crippen molar-refractivity contribution in [1.82, 2.24) is 10.2 Å². The van der Waals surface area contributed by atoms with Crippen LogP contribution in [0.25, 0.3) is 10.9 Å². The van der Waals surface area contributed by atoms with Gasteiger partial charge in [0.05, 0.1) is 11.2 Å². The Balaban J connectivity index is 2.66. The number of nitrogens with one attached hydrogen (secondary N) is 1. The van der Waals surface area contributed by atoms with E-state index in [9.17, 15) is 4.79 Å². The molecule has 0 saturated heterocycles. The quantitative estimate of drug-likeness (QED) is 0.806. The van der Waals surface area contributed by atoms with Gasteiger partial charge in [0.15, 0.2) is 5.69 Å². The van der Waals surface area contributed by atoms with E-state index < -0.39 is 5.97 Å². The number of anilines is 1. The van der Waals surface area contributed by atoms with Crippen LogP contribution in [0.3, 0.4) is 0 Å². The normalized spacial score (nSPS) is 12.1. The van der Waals surface area contributed by atoms with Crippen LogP contribution in [0.15, 0.2) is 36.9 Å². The molecule has 2 N–H and O–H groups in total. The lowest BCUT2D eigenvalue weighted by Crippen LogP contribution is -2.16. The van der Waals surface area contributed by atoms with E-state index in [1.807, 2.05) is 25.1 Å². The average molecular weight is 243 g/mol. The molecule has 2 rings (SSSR count). The standard InChI is InChI=1S/C13H13N3O2/c1-3-8(2)14-11-9-6-4-5-7-10(9)15-16-12(11)13(17)18/h3-8H,1H2,2H3,(H,14,15)(H,17,18). The Morgan fingerprint density at radius 1 is 1.44 bits per heavy atom. The van der Waals surface area contributed by atoms with Crippen LogP contribution in [0.2, 0.25) is 0 Å². The number of carboxylic acids is 1. The molecule has 92 valence electrons. The van der Waals surface area contributed by atoms with E-state index in [0.717, 1.165) is 5.39 Å². The smallest absolute Gasteiger partial charge is 0.358 e. The Bertz CT molecular complexity index is 610. The lowest BCUT2D eigenvalue weighted by atomic mass is 10.1. The van der Waals surface area contributed by atoms with E-state index in [4.69, 9.17) is 5.11 Å². The second kappa shape index (κ2) is 4.83. The van der Waals surface area contributed by atoms with Gasteiger partial charge in [-0.1, -0.05) is 24.3 Å². The number of carbonyl (C=O) groups is 1. The van der Waals surface area contributed by atoms with Crippen LogP contribution >= 0.6 is 0 Å². The van der Waals surface area contributed by atoms with Crippen LogP contribution in [-0.2, 0) is 0 Å². The van der Waals surface area contributed by atoms with E-state index in [1.165, 1.54) is 0 Å². The van der Waals surface area contributed by atoms with Gasteiger partial charge in [0.1, 0.15) is 0 Å². The van der Waals surface area contributed by atoms with Gasteiger partial charge in [-0.2, -0.15) is 0 Å². The Hall–Kier alpha value is -2.43. The first-order valence-corrected chi connectivity index (χ1v) is 5.51. The molecule has 0 aliphatic carbocycles. The number of hydrogen-bond acceptors (Lipinski definition) is 4. The summed E-state index contributed by atoms with van der Waals surface area (Å²) in [6.07, 6.45) is 1.70. The molecule has 18 heavy (non-hydrogen) atoms. The van der Waals surface area contributed by atoms with Crippen LogP contribution in [0.5, 0.6) is 0 Å². The maximum absolute atomic E-state index is 11.2. The second-order valence-corrected chi connectivity index (χ2v) is 3.91. The number of benzene rings is 1. The van der Waals surface area contributed by atoms with Crippen LogP contribution in [0.1, 0.15) is 17.4 Å². The summed E-state index contributed by atoms with van der Waals surface area (Å²) < 4.78 is 0. The number of aromatic nitrogens is 2. The molecule has 0 spiro atoms. The largest absolute Gasteiger partial charge is 0.476 e. The third-order valence-electron chi connectivity index (χ3n) is 2.60. The van der Waals surface area contributed by atoms with Crippen LogP contribution in [0.4, 0.5) is 5.69 Å². The highest BCUT2D eigenvalue weighted by Gasteiger charge is 2.17. The minimum atomic E-state index is -1.10. The summed E-state index contributed by atoms with van der Waals surface area (Å²) in [5, 5.41) is 20.6. The van der Waals surface area contributed by atoms with Gasteiger partial charge in [0.2, 0.25) is 0 Å². The van der Waals surface area contributed by atoms with Crippen molar-refractivity contribution in [2.45, 2.75) is 13.0 Å². The molecule has 0 saturated carbocycles. The summed E-state index contributed by atoms with van der Waals surface area (Å²) in [6.45, 7) is 5.55. The molecule has 1 heterocycles. The van der Waals surface area contributed by atoms with Gasteiger partial charge in [-0.25, -0.2) is 4.79 Å². The Morgan fingerprint density at radius 3 is 2.83 bits per heavy atom. The second-order valence-electron chi connectivity index (χ2n) is 3.91. The van der Waals surface area contributed by atoms with E-state index in [-0.39, 0.29) is 11.7 Å². The monoisotopic (exact) mass is 243 g/mol. The van der Waals surface area contributed by atoms with Crippen molar-refractivity contribution in [3.63, 3.8) is 0 Å². The van der Waals surface area contributed by atoms with E-state index in [0.29, 0.717) is 11.2 Å². The average Bonchev–Trinajstić information content (AvgIpc) is 2.38. The number of hydrogen-bond donors (Lipinski definition) is 2. The van der Waals surface area contributed by atoms with E-state index in [1.54, 1.807) is 12.1 Å². The summed E-state index contributed by atoms with van der Waals surface area (Å²) in [5.41, 5.74) is 1.05. The van der Waals surface area contributed by atoms with Crippen molar-refractivity contribution >= 4 is 22.6 Å². The molecule has 0 aliphatic heterocycles. The SMILES string of the molecule is C=CC(C)Nc1c(C(=O)O)nnc2ccccc12. The van der Waals surface area contributed by atoms with Gasteiger partial charge in [0, 0.05) is 11.4 Å². The zero-order valence-corrected chi connectivity index (χ0v) is 9.92. The van der Waals surface area contributed by atoms with Crippen molar-refractivity contribution in [2.75, 3.05) is 5.32 Å². The molecular weight excluding hydrogens is 230 g/mol. The molecule has 0 bridgehead atoms. The molecule has 5 nitrogen and oxygen atoms in total. The summed E-state index contributed by atoms with van der Waals surface area (Å²) in [4.78, 5) is 11.2. The summed E-state index contributed by atoms with van der Waals surface area (Å²) >= 11 is 0. The highest BCUT2D eigenvalue weighted by atomic mass is 16.4. The maximum atomic E-state index is 11.2. The van der Waals surface area contributed by atoms with Crippen molar-refractivity contribution in [2.24, 2.45) is 0 Å². The molecule has 1 unspecified atom stereocenters. The molecule has 0 fully saturated rings. The van der Waals surface area contributed by atoms with Crippen molar-refractivity contribution in [3.05, 3.63) is 42.6 Å². The Labute approximate surface area is 104 Å². The predicted molar refractivity (Wildman–Crippen MR) is 69.8 cm³/mol. The maximum Gasteiger partial charge on any atom is 0.358 e. The number of aromatic carboxylic acids is 1. The van der Waals surface area contributed by atoms with Crippen LogP contribution in [-0.4, -0.2) is 27.3 Å². The zero-order valence-electron chi connectivity index (χ0n) is 9.92.